The summed E-state index contributed by atoms with van der Waals surface area (Å²) in [5, 5.41) is -0.00243. The molecule has 0 bridgehead atoms. The summed E-state index contributed by atoms with van der Waals surface area (Å²) in [5.41, 5.74) is 0.370. The zero-order valence-corrected chi connectivity index (χ0v) is 14.1. The molecule has 0 aromatic heterocycles. The normalized spacial score (nSPS) is 14.7. The van der Waals surface area contributed by atoms with Crippen LogP contribution in [0.25, 0.3) is 0 Å². The van der Waals surface area contributed by atoms with Gasteiger partial charge in [-0.25, -0.2) is 8.42 Å². The molecule has 0 aliphatic heterocycles. The number of hydrogen-bond donors (Lipinski definition) is 0. The van der Waals surface area contributed by atoms with Crippen LogP contribution in [-0.2, 0) is 9.84 Å². The van der Waals surface area contributed by atoms with Crippen molar-refractivity contribution in [3.8, 4) is 0 Å². The van der Waals surface area contributed by atoms with Crippen LogP contribution in [0.1, 0.15) is 24.2 Å². The molecular formula is C13H17Cl2NO3S. The molecule has 2 atom stereocenters. The Hall–Kier alpha value is -0.780. The van der Waals surface area contributed by atoms with Crippen LogP contribution in [0.5, 0.6) is 0 Å². The van der Waals surface area contributed by atoms with Crippen LogP contribution in [-0.4, -0.2) is 43.8 Å². The van der Waals surface area contributed by atoms with E-state index >= 15 is 0 Å². The van der Waals surface area contributed by atoms with Gasteiger partial charge in [-0.05, 0) is 32.0 Å². The first-order chi connectivity index (χ1) is 9.05. The van der Waals surface area contributed by atoms with E-state index in [1.807, 2.05) is 0 Å². The van der Waals surface area contributed by atoms with Crippen LogP contribution in [0, 0.1) is 0 Å². The van der Waals surface area contributed by atoms with Gasteiger partial charge >= 0.3 is 0 Å². The highest BCUT2D eigenvalue weighted by atomic mass is 35.5. The van der Waals surface area contributed by atoms with Gasteiger partial charge in [-0.3, -0.25) is 4.79 Å². The SMILES string of the molecule is CC(C(C)S(C)(=O)=O)N(C)C(=O)c1ccc(Cl)c(Cl)c1. The molecule has 7 heteroatoms. The fraction of sp³-hybridized carbons (Fsp3) is 0.462. The minimum Gasteiger partial charge on any atom is -0.338 e. The van der Waals surface area contributed by atoms with Gasteiger partial charge in [0.05, 0.1) is 15.3 Å². The fourth-order valence-electron chi connectivity index (χ4n) is 1.69. The number of sulfone groups is 1. The second kappa shape index (κ2) is 6.33. The molecule has 0 aliphatic carbocycles. The molecule has 0 aliphatic rings. The molecule has 0 radical (unpaired) electrons. The van der Waals surface area contributed by atoms with Crippen molar-refractivity contribution in [3.63, 3.8) is 0 Å². The maximum atomic E-state index is 12.3. The van der Waals surface area contributed by atoms with Crippen molar-refractivity contribution in [2.45, 2.75) is 25.1 Å². The number of halogens is 2. The molecule has 4 nitrogen and oxygen atoms in total. The Kier molecular flexibility index (Phi) is 5.46. The summed E-state index contributed by atoms with van der Waals surface area (Å²) in [7, 11) is -1.65. The van der Waals surface area contributed by atoms with Crippen LogP contribution in [0.2, 0.25) is 10.0 Å². The number of benzene rings is 1. The van der Waals surface area contributed by atoms with Gasteiger partial charge in [0.25, 0.3) is 5.91 Å². The highest BCUT2D eigenvalue weighted by Gasteiger charge is 2.28. The molecular weight excluding hydrogens is 321 g/mol. The Morgan fingerprint density at radius 2 is 1.75 bits per heavy atom. The number of rotatable bonds is 4. The maximum Gasteiger partial charge on any atom is 0.253 e. The van der Waals surface area contributed by atoms with Crippen LogP contribution < -0.4 is 0 Å². The van der Waals surface area contributed by atoms with Crippen molar-refractivity contribution < 1.29 is 13.2 Å². The number of carbonyl (C=O) groups excluding carboxylic acids is 1. The van der Waals surface area contributed by atoms with Gasteiger partial charge in [0, 0.05) is 24.9 Å². The van der Waals surface area contributed by atoms with Crippen molar-refractivity contribution in [2.24, 2.45) is 0 Å². The molecule has 0 fully saturated rings. The maximum absolute atomic E-state index is 12.3. The average molecular weight is 338 g/mol. The largest absolute Gasteiger partial charge is 0.338 e. The molecule has 1 amide bonds. The lowest BCUT2D eigenvalue weighted by Gasteiger charge is -2.29. The Morgan fingerprint density at radius 1 is 1.20 bits per heavy atom. The minimum absolute atomic E-state index is 0.287. The summed E-state index contributed by atoms with van der Waals surface area (Å²) in [5.74, 6) is -0.299. The Morgan fingerprint density at radius 3 is 2.20 bits per heavy atom. The number of amides is 1. The molecule has 0 saturated carbocycles. The van der Waals surface area contributed by atoms with Crippen molar-refractivity contribution in [3.05, 3.63) is 33.8 Å². The van der Waals surface area contributed by atoms with Crippen LogP contribution in [0.15, 0.2) is 18.2 Å². The van der Waals surface area contributed by atoms with E-state index in [4.69, 9.17) is 23.2 Å². The Bertz CT molecular complexity index is 616. The van der Waals surface area contributed by atoms with Gasteiger partial charge in [0.2, 0.25) is 0 Å². The highest BCUT2D eigenvalue weighted by molar-refractivity contribution is 7.91. The lowest BCUT2D eigenvalue weighted by atomic mass is 10.1. The number of carbonyl (C=O) groups is 1. The van der Waals surface area contributed by atoms with Crippen LogP contribution >= 0.6 is 23.2 Å². The van der Waals surface area contributed by atoms with E-state index in [1.165, 1.54) is 17.0 Å². The summed E-state index contributed by atoms with van der Waals surface area (Å²) >= 11 is 11.7. The summed E-state index contributed by atoms with van der Waals surface area (Å²) in [4.78, 5) is 13.7. The third-order valence-electron chi connectivity index (χ3n) is 3.45. The summed E-state index contributed by atoms with van der Waals surface area (Å²) in [6.07, 6.45) is 1.16. The molecule has 1 aromatic rings. The summed E-state index contributed by atoms with van der Waals surface area (Å²) in [6.45, 7) is 3.28. The number of nitrogens with zero attached hydrogens (tertiary/aromatic N) is 1. The molecule has 0 spiro atoms. The van der Waals surface area contributed by atoms with E-state index in [1.54, 1.807) is 27.0 Å². The smallest absolute Gasteiger partial charge is 0.253 e. The third kappa shape index (κ3) is 3.87. The average Bonchev–Trinajstić information content (AvgIpc) is 2.37. The second-order valence-electron chi connectivity index (χ2n) is 4.82. The zero-order chi connectivity index (χ0) is 15.7. The van der Waals surface area contributed by atoms with E-state index in [0.717, 1.165) is 6.26 Å². The zero-order valence-electron chi connectivity index (χ0n) is 11.7. The standard InChI is InChI=1S/C13H17Cl2NO3S/c1-8(9(2)20(4,18)19)16(3)13(17)10-5-6-11(14)12(15)7-10/h5-9H,1-4H3. The van der Waals surface area contributed by atoms with Crippen LogP contribution in [0.3, 0.4) is 0 Å². The first-order valence-electron chi connectivity index (χ1n) is 5.96. The third-order valence-corrected chi connectivity index (χ3v) is 5.94. The van der Waals surface area contributed by atoms with E-state index in [2.05, 4.69) is 0 Å². The predicted molar refractivity (Wildman–Crippen MR) is 82.3 cm³/mol. The molecule has 1 rings (SSSR count). The molecule has 112 valence electrons. The minimum atomic E-state index is -3.22. The topological polar surface area (TPSA) is 54.5 Å². The molecule has 1 aromatic carbocycles. The fourth-order valence-corrected chi connectivity index (χ4v) is 2.89. The lowest BCUT2D eigenvalue weighted by Crippen LogP contribution is -2.44. The molecule has 0 heterocycles. The van der Waals surface area contributed by atoms with Crippen molar-refractivity contribution in [1.29, 1.82) is 0 Å². The van der Waals surface area contributed by atoms with Gasteiger partial charge in [-0.1, -0.05) is 23.2 Å². The van der Waals surface area contributed by atoms with Gasteiger partial charge in [-0.2, -0.15) is 0 Å². The van der Waals surface area contributed by atoms with Crippen molar-refractivity contribution in [2.75, 3.05) is 13.3 Å². The second-order valence-corrected chi connectivity index (χ2v) is 8.04. The van der Waals surface area contributed by atoms with Crippen molar-refractivity contribution >= 4 is 38.9 Å². The highest BCUT2D eigenvalue weighted by Crippen LogP contribution is 2.23. The summed E-state index contributed by atoms with van der Waals surface area (Å²) in [6, 6.07) is 4.12. The first-order valence-corrected chi connectivity index (χ1v) is 8.67. The Labute approximate surface area is 129 Å². The summed E-state index contributed by atoms with van der Waals surface area (Å²) < 4.78 is 23.1. The molecule has 2 unspecified atom stereocenters. The van der Waals surface area contributed by atoms with E-state index in [-0.39, 0.29) is 10.9 Å². The van der Waals surface area contributed by atoms with Gasteiger partial charge in [0.15, 0.2) is 9.84 Å². The lowest BCUT2D eigenvalue weighted by molar-refractivity contribution is 0.0743. The van der Waals surface area contributed by atoms with Crippen molar-refractivity contribution in [1.82, 2.24) is 4.90 Å². The van der Waals surface area contributed by atoms with Gasteiger partial charge in [0.1, 0.15) is 0 Å². The van der Waals surface area contributed by atoms with E-state index in [9.17, 15) is 13.2 Å². The molecule has 0 saturated heterocycles. The molecule has 20 heavy (non-hydrogen) atoms. The quantitative estimate of drug-likeness (QED) is 0.848. The van der Waals surface area contributed by atoms with E-state index in [0.29, 0.717) is 10.6 Å². The van der Waals surface area contributed by atoms with Crippen LogP contribution in [0.4, 0.5) is 0 Å². The Balaban J connectivity index is 2.99. The van der Waals surface area contributed by atoms with Gasteiger partial charge in [-0.15, -0.1) is 0 Å². The number of hydrogen-bond acceptors (Lipinski definition) is 3. The van der Waals surface area contributed by atoms with Gasteiger partial charge < -0.3 is 4.90 Å². The first kappa shape index (κ1) is 17.3. The predicted octanol–water partition coefficient (Wildman–Crippen LogP) is 2.89. The van der Waals surface area contributed by atoms with E-state index < -0.39 is 21.1 Å². The molecule has 0 N–H and O–H groups in total. The monoisotopic (exact) mass is 337 g/mol.